The molecule has 0 bridgehead atoms. The van der Waals surface area contributed by atoms with E-state index in [0.717, 1.165) is 31.2 Å². The van der Waals surface area contributed by atoms with Crippen LogP contribution in [0, 0.1) is 0 Å². The predicted molar refractivity (Wildman–Crippen MR) is 123 cm³/mol. The lowest BCUT2D eigenvalue weighted by atomic mass is 9.80. The smallest absolute Gasteiger partial charge is 0.244 e. The van der Waals surface area contributed by atoms with Crippen molar-refractivity contribution in [2.45, 2.75) is 109 Å². The van der Waals surface area contributed by atoms with Crippen LogP contribution in [0.4, 0.5) is 0 Å². The zero-order chi connectivity index (χ0) is 21.8. The highest BCUT2D eigenvalue weighted by atomic mass is 32.2. The van der Waals surface area contributed by atoms with Gasteiger partial charge in [0.25, 0.3) is 0 Å². The van der Waals surface area contributed by atoms with Crippen molar-refractivity contribution < 1.29 is 13.2 Å². The fourth-order valence-electron chi connectivity index (χ4n) is 3.55. The van der Waals surface area contributed by atoms with Crippen LogP contribution < -0.4 is 9.46 Å². The van der Waals surface area contributed by atoms with Crippen molar-refractivity contribution >= 4 is 10.0 Å². The Morgan fingerprint density at radius 3 is 2.17 bits per heavy atom. The molecule has 0 aliphatic carbocycles. The molecule has 1 aromatic rings. The molecule has 0 aromatic heterocycles. The normalized spacial score (nSPS) is 12.3. The molecule has 0 spiro atoms. The molecule has 0 aliphatic rings. The summed E-state index contributed by atoms with van der Waals surface area (Å²) in [5.41, 5.74) is 0.987. The highest BCUT2D eigenvalue weighted by molar-refractivity contribution is 7.89. The van der Waals surface area contributed by atoms with Crippen LogP contribution in [0.15, 0.2) is 23.1 Å². The summed E-state index contributed by atoms with van der Waals surface area (Å²) in [6, 6.07) is 5.70. The van der Waals surface area contributed by atoms with Crippen LogP contribution >= 0.6 is 0 Å². The van der Waals surface area contributed by atoms with Crippen LogP contribution in [0.2, 0.25) is 0 Å². The van der Waals surface area contributed by atoms with E-state index in [1.165, 1.54) is 38.5 Å². The van der Waals surface area contributed by atoms with Gasteiger partial charge in [-0.05, 0) is 36.0 Å². The molecule has 4 nitrogen and oxygen atoms in total. The maximum atomic E-state index is 12.8. The molecule has 0 aliphatic heterocycles. The summed E-state index contributed by atoms with van der Waals surface area (Å²) in [6.07, 6.45) is 11.6. The fourth-order valence-corrected chi connectivity index (χ4v) is 4.76. The van der Waals surface area contributed by atoms with Gasteiger partial charge in [0.05, 0.1) is 6.61 Å². The van der Waals surface area contributed by atoms with Gasteiger partial charge in [-0.3, -0.25) is 0 Å². The lowest BCUT2D eigenvalue weighted by molar-refractivity contribution is 0.296. The van der Waals surface area contributed by atoms with Gasteiger partial charge in [0.15, 0.2) is 0 Å². The summed E-state index contributed by atoms with van der Waals surface area (Å²) >= 11 is 0. The average Bonchev–Trinajstić information content (AvgIpc) is 2.67. The second kappa shape index (κ2) is 13.3. The van der Waals surface area contributed by atoms with Crippen molar-refractivity contribution in [3.63, 3.8) is 0 Å². The van der Waals surface area contributed by atoms with E-state index in [-0.39, 0.29) is 10.3 Å². The highest BCUT2D eigenvalue weighted by Crippen LogP contribution is 2.34. The summed E-state index contributed by atoms with van der Waals surface area (Å²) in [6.45, 7) is 11.5. The van der Waals surface area contributed by atoms with Crippen molar-refractivity contribution in [3.8, 4) is 5.75 Å². The third-order valence-corrected chi connectivity index (χ3v) is 7.08. The minimum Gasteiger partial charge on any atom is -0.492 e. The minimum atomic E-state index is -3.58. The Kier molecular flexibility index (Phi) is 11.9. The zero-order valence-corrected chi connectivity index (χ0v) is 20.2. The second-order valence-electron chi connectivity index (χ2n) is 8.62. The summed E-state index contributed by atoms with van der Waals surface area (Å²) < 4.78 is 34.2. The maximum absolute atomic E-state index is 12.8. The van der Waals surface area contributed by atoms with E-state index < -0.39 is 10.0 Å². The highest BCUT2D eigenvalue weighted by Gasteiger charge is 2.25. The van der Waals surface area contributed by atoms with E-state index in [0.29, 0.717) is 18.9 Å². The third-order valence-electron chi connectivity index (χ3n) is 5.51. The van der Waals surface area contributed by atoms with Gasteiger partial charge >= 0.3 is 0 Å². The van der Waals surface area contributed by atoms with E-state index in [9.17, 15) is 8.42 Å². The quantitative estimate of drug-likeness (QED) is 0.304. The number of nitrogens with one attached hydrogen (secondary N) is 1. The van der Waals surface area contributed by atoms with E-state index in [1.54, 1.807) is 6.92 Å². The van der Waals surface area contributed by atoms with Crippen LogP contribution in [0.5, 0.6) is 5.75 Å². The van der Waals surface area contributed by atoms with E-state index in [1.807, 2.05) is 18.2 Å². The maximum Gasteiger partial charge on any atom is 0.244 e. The number of hydrogen-bond acceptors (Lipinski definition) is 3. The van der Waals surface area contributed by atoms with Crippen molar-refractivity contribution in [3.05, 3.63) is 23.8 Å². The molecule has 0 unspecified atom stereocenters. The first-order valence-corrected chi connectivity index (χ1v) is 13.0. The van der Waals surface area contributed by atoms with Crippen LogP contribution in [-0.2, 0) is 15.4 Å². The molecule has 5 heteroatoms. The number of unbranched alkanes of at least 4 members (excludes halogenated alkanes) is 7. The number of sulfonamides is 1. The lowest BCUT2D eigenvalue weighted by Crippen LogP contribution is -2.25. The Morgan fingerprint density at radius 2 is 1.52 bits per heavy atom. The third kappa shape index (κ3) is 9.08. The molecule has 0 saturated carbocycles. The minimum absolute atomic E-state index is 0.0660. The molecule has 0 heterocycles. The van der Waals surface area contributed by atoms with E-state index in [4.69, 9.17) is 4.74 Å². The molecule has 0 atom stereocenters. The van der Waals surface area contributed by atoms with Gasteiger partial charge in [0, 0.05) is 6.54 Å². The van der Waals surface area contributed by atoms with Crippen molar-refractivity contribution in [1.82, 2.24) is 4.72 Å². The van der Waals surface area contributed by atoms with Gasteiger partial charge in [0.1, 0.15) is 10.6 Å². The lowest BCUT2D eigenvalue weighted by Gasteiger charge is -2.26. The van der Waals surface area contributed by atoms with Crippen molar-refractivity contribution in [2.75, 3.05) is 13.2 Å². The average molecular weight is 426 g/mol. The number of hydrogen-bond donors (Lipinski definition) is 1. The zero-order valence-electron chi connectivity index (χ0n) is 19.4. The van der Waals surface area contributed by atoms with Gasteiger partial charge < -0.3 is 4.74 Å². The SMILES string of the molecule is CCCCCCCCOc1ccc(C(C)(C)CCCCC)cc1S(=O)(=O)NCC. The topological polar surface area (TPSA) is 55.4 Å². The Balaban J connectivity index is 2.93. The Labute approximate surface area is 179 Å². The van der Waals surface area contributed by atoms with Crippen LogP contribution in [0.25, 0.3) is 0 Å². The molecule has 1 aromatic carbocycles. The molecular formula is C24H43NO3S. The van der Waals surface area contributed by atoms with Crippen molar-refractivity contribution in [1.29, 1.82) is 0 Å². The van der Waals surface area contributed by atoms with Crippen LogP contribution in [0.3, 0.4) is 0 Å². The summed E-state index contributed by atoms with van der Waals surface area (Å²) in [5.74, 6) is 0.465. The molecule has 29 heavy (non-hydrogen) atoms. The van der Waals surface area contributed by atoms with Gasteiger partial charge in [0.2, 0.25) is 10.0 Å². The number of ether oxygens (including phenoxy) is 1. The predicted octanol–water partition coefficient (Wildman–Crippen LogP) is 6.58. The molecule has 0 radical (unpaired) electrons. The second-order valence-corrected chi connectivity index (χ2v) is 10.4. The number of rotatable bonds is 16. The van der Waals surface area contributed by atoms with Crippen LogP contribution in [0.1, 0.15) is 104 Å². The summed E-state index contributed by atoms with van der Waals surface area (Å²) in [7, 11) is -3.58. The molecular weight excluding hydrogens is 382 g/mol. The van der Waals surface area contributed by atoms with Gasteiger partial charge in [-0.1, -0.05) is 92.1 Å². The molecule has 1 N–H and O–H groups in total. The van der Waals surface area contributed by atoms with Crippen molar-refractivity contribution in [2.24, 2.45) is 0 Å². The molecule has 1 rings (SSSR count). The molecule has 0 fully saturated rings. The van der Waals surface area contributed by atoms with E-state index >= 15 is 0 Å². The molecule has 168 valence electrons. The first kappa shape index (κ1) is 26.0. The monoisotopic (exact) mass is 425 g/mol. The Morgan fingerprint density at radius 1 is 0.897 bits per heavy atom. The molecule has 0 saturated heterocycles. The number of benzene rings is 1. The Hall–Kier alpha value is -1.07. The fraction of sp³-hybridized carbons (Fsp3) is 0.750. The van der Waals surface area contributed by atoms with Gasteiger partial charge in [-0.25, -0.2) is 13.1 Å². The van der Waals surface area contributed by atoms with Gasteiger partial charge in [-0.15, -0.1) is 0 Å². The van der Waals surface area contributed by atoms with Gasteiger partial charge in [-0.2, -0.15) is 0 Å². The summed E-state index contributed by atoms with van der Waals surface area (Å²) in [4.78, 5) is 0.270. The van der Waals surface area contributed by atoms with E-state index in [2.05, 4.69) is 32.4 Å². The molecule has 0 amide bonds. The standard InChI is InChI=1S/C24H43NO3S/c1-6-9-11-12-13-15-19-28-22-17-16-21(24(4,5)18-14-10-7-2)20-23(22)29(26,27)25-8-3/h16-17,20,25H,6-15,18-19H2,1-5H3. The summed E-state index contributed by atoms with van der Waals surface area (Å²) in [5, 5.41) is 0. The largest absolute Gasteiger partial charge is 0.492 e. The Bertz CT molecular complexity index is 683. The van der Waals surface area contributed by atoms with Crippen LogP contribution in [-0.4, -0.2) is 21.6 Å². The first-order valence-electron chi connectivity index (χ1n) is 11.6. The first-order chi connectivity index (χ1) is 13.8.